The Morgan fingerprint density at radius 2 is 2.16 bits per heavy atom. The van der Waals surface area contributed by atoms with Gasteiger partial charge in [-0.2, -0.15) is 0 Å². The number of aliphatic hydroxyl groups excluding tert-OH is 1. The van der Waals surface area contributed by atoms with Crippen LogP contribution in [0.3, 0.4) is 0 Å². The van der Waals surface area contributed by atoms with Crippen LogP contribution >= 0.6 is 0 Å². The Morgan fingerprint density at radius 3 is 2.68 bits per heavy atom. The molecule has 0 aliphatic carbocycles. The monoisotopic (exact) mass is 269 g/mol. The van der Waals surface area contributed by atoms with E-state index in [1.165, 1.54) is 6.07 Å². The predicted molar refractivity (Wildman–Crippen MR) is 71.5 cm³/mol. The van der Waals surface area contributed by atoms with E-state index in [2.05, 4.69) is 10.5 Å². The lowest BCUT2D eigenvalue weighted by molar-refractivity contribution is 0.170. The van der Waals surface area contributed by atoms with Gasteiger partial charge in [-0.05, 0) is 26.3 Å². The van der Waals surface area contributed by atoms with E-state index in [4.69, 9.17) is 10.9 Å². The summed E-state index contributed by atoms with van der Waals surface area (Å²) in [7, 11) is 0. The molecule has 0 saturated carbocycles. The summed E-state index contributed by atoms with van der Waals surface area (Å²) in [5, 5.41) is 23.7. The molecule has 0 saturated heterocycles. The Balaban J connectivity index is 2.65. The van der Waals surface area contributed by atoms with Crippen molar-refractivity contribution in [2.24, 2.45) is 10.9 Å². The second-order valence-corrected chi connectivity index (χ2v) is 4.66. The van der Waals surface area contributed by atoms with Gasteiger partial charge in [0, 0.05) is 23.7 Å². The number of halogens is 1. The second-order valence-electron chi connectivity index (χ2n) is 4.66. The molecule has 1 aromatic carbocycles. The van der Waals surface area contributed by atoms with Gasteiger partial charge in [-0.15, -0.1) is 0 Å². The Labute approximate surface area is 111 Å². The largest absolute Gasteiger partial charge is 0.409 e. The van der Waals surface area contributed by atoms with Crippen LogP contribution in [-0.4, -0.2) is 28.3 Å². The lowest BCUT2D eigenvalue weighted by Gasteiger charge is -2.15. The summed E-state index contributed by atoms with van der Waals surface area (Å²) in [5.74, 6) is -0.540. The van der Waals surface area contributed by atoms with E-state index in [1.54, 1.807) is 19.1 Å². The topological polar surface area (TPSA) is 90.9 Å². The fraction of sp³-hybridized carbons (Fsp3) is 0.462. The van der Waals surface area contributed by atoms with Gasteiger partial charge in [-0.1, -0.05) is 17.3 Å². The number of benzene rings is 1. The summed E-state index contributed by atoms with van der Waals surface area (Å²) in [4.78, 5) is 0. The van der Waals surface area contributed by atoms with Gasteiger partial charge >= 0.3 is 0 Å². The Hall–Kier alpha value is -1.66. The molecule has 5 N–H and O–H groups in total. The number of nitrogens with one attached hydrogen (secondary N) is 1. The van der Waals surface area contributed by atoms with Crippen molar-refractivity contribution in [3.05, 3.63) is 35.1 Å². The number of amidine groups is 1. The maximum atomic E-state index is 13.8. The summed E-state index contributed by atoms with van der Waals surface area (Å²) >= 11 is 0. The van der Waals surface area contributed by atoms with Crippen LogP contribution in [0, 0.1) is 5.82 Å². The summed E-state index contributed by atoms with van der Waals surface area (Å²) in [6.07, 6.45) is 0.208. The first-order valence-electron chi connectivity index (χ1n) is 6.11. The molecular weight excluding hydrogens is 249 g/mol. The highest BCUT2D eigenvalue weighted by Crippen LogP contribution is 2.11. The maximum absolute atomic E-state index is 13.8. The predicted octanol–water partition coefficient (Wildman–Crippen LogP) is 1.17. The van der Waals surface area contributed by atoms with Crippen LogP contribution in [0.4, 0.5) is 4.39 Å². The molecule has 0 radical (unpaired) electrons. The van der Waals surface area contributed by atoms with E-state index in [9.17, 15) is 9.50 Å². The average Bonchev–Trinajstić information content (AvgIpc) is 2.35. The molecule has 1 aromatic rings. The van der Waals surface area contributed by atoms with Crippen LogP contribution in [0.15, 0.2) is 23.4 Å². The number of nitrogens with two attached hydrogens (primary N) is 1. The van der Waals surface area contributed by atoms with Crippen LogP contribution in [0.5, 0.6) is 0 Å². The maximum Gasteiger partial charge on any atom is 0.170 e. The van der Waals surface area contributed by atoms with Gasteiger partial charge in [-0.25, -0.2) is 4.39 Å². The third kappa shape index (κ3) is 4.84. The van der Waals surface area contributed by atoms with Gasteiger partial charge in [0.05, 0.1) is 6.10 Å². The molecule has 0 heterocycles. The first kappa shape index (κ1) is 15.4. The molecule has 0 aromatic heterocycles. The van der Waals surface area contributed by atoms with E-state index in [0.29, 0.717) is 24.1 Å². The molecule has 0 aliphatic rings. The van der Waals surface area contributed by atoms with E-state index in [-0.39, 0.29) is 11.9 Å². The molecule has 0 amide bonds. The van der Waals surface area contributed by atoms with Gasteiger partial charge in [-0.3, -0.25) is 0 Å². The number of hydrogen-bond donors (Lipinski definition) is 4. The van der Waals surface area contributed by atoms with Crippen LogP contribution < -0.4 is 11.1 Å². The first-order valence-corrected chi connectivity index (χ1v) is 6.11. The molecule has 0 spiro atoms. The van der Waals surface area contributed by atoms with Crippen LogP contribution in [0.25, 0.3) is 0 Å². The van der Waals surface area contributed by atoms with Crippen molar-refractivity contribution in [2.75, 3.05) is 0 Å². The smallest absolute Gasteiger partial charge is 0.170 e. The van der Waals surface area contributed by atoms with Gasteiger partial charge in [0.25, 0.3) is 0 Å². The van der Waals surface area contributed by atoms with Crippen molar-refractivity contribution < 1.29 is 14.7 Å². The summed E-state index contributed by atoms with van der Waals surface area (Å²) in [6, 6.07) is 4.49. The highest BCUT2D eigenvalue weighted by Gasteiger charge is 2.09. The zero-order valence-electron chi connectivity index (χ0n) is 11.1. The SMILES string of the molecule is CC(O)CC(C)NCc1ccc(/C(N)=N/O)cc1F. The molecule has 0 aliphatic heterocycles. The molecule has 6 heteroatoms. The fourth-order valence-corrected chi connectivity index (χ4v) is 1.79. The quantitative estimate of drug-likeness (QED) is 0.270. The summed E-state index contributed by atoms with van der Waals surface area (Å²) < 4.78 is 13.8. The van der Waals surface area contributed by atoms with Crippen molar-refractivity contribution >= 4 is 5.84 Å². The number of hydrogen-bond acceptors (Lipinski definition) is 4. The number of oxime groups is 1. The molecule has 2 unspecified atom stereocenters. The molecule has 1 rings (SSSR count). The average molecular weight is 269 g/mol. The number of rotatable bonds is 6. The normalized spacial score (nSPS) is 15.3. The zero-order chi connectivity index (χ0) is 14.4. The zero-order valence-corrected chi connectivity index (χ0v) is 11.1. The van der Waals surface area contributed by atoms with Crippen LogP contribution in [0.2, 0.25) is 0 Å². The van der Waals surface area contributed by atoms with Crippen molar-refractivity contribution in [2.45, 2.75) is 39.0 Å². The minimum atomic E-state index is -0.416. The van der Waals surface area contributed by atoms with Crippen LogP contribution in [-0.2, 0) is 6.54 Å². The third-order valence-electron chi connectivity index (χ3n) is 2.79. The molecule has 2 atom stereocenters. The lowest BCUT2D eigenvalue weighted by atomic mass is 10.1. The van der Waals surface area contributed by atoms with Gasteiger partial charge in [0.15, 0.2) is 5.84 Å². The number of aliphatic hydroxyl groups is 1. The lowest BCUT2D eigenvalue weighted by Crippen LogP contribution is -2.29. The van der Waals surface area contributed by atoms with Gasteiger partial charge < -0.3 is 21.4 Å². The fourth-order valence-electron chi connectivity index (χ4n) is 1.79. The highest BCUT2D eigenvalue weighted by atomic mass is 19.1. The minimum Gasteiger partial charge on any atom is -0.409 e. The van der Waals surface area contributed by atoms with E-state index in [1.807, 2.05) is 6.92 Å². The van der Waals surface area contributed by atoms with Crippen molar-refractivity contribution in [1.82, 2.24) is 5.32 Å². The van der Waals surface area contributed by atoms with Crippen LogP contribution in [0.1, 0.15) is 31.4 Å². The van der Waals surface area contributed by atoms with Gasteiger partial charge in [0.2, 0.25) is 0 Å². The molecule has 0 bridgehead atoms. The van der Waals surface area contributed by atoms with Crippen molar-refractivity contribution in [3.63, 3.8) is 0 Å². The Morgan fingerprint density at radius 1 is 1.47 bits per heavy atom. The molecular formula is C13H20FN3O2. The number of nitrogens with zero attached hydrogens (tertiary/aromatic N) is 1. The van der Waals surface area contributed by atoms with Crippen molar-refractivity contribution in [1.29, 1.82) is 0 Å². The first-order chi connectivity index (χ1) is 8.93. The molecule has 19 heavy (non-hydrogen) atoms. The third-order valence-corrected chi connectivity index (χ3v) is 2.79. The standard InChI is InChI=1S/C13H20FN3O2/c1-8(5-9(2)18)16-7-11-4-3-10(6-12(11)14)13(15)17-19/h3-4,6,8-9,16,18-19H,5,7H2,1-2H3,(H2,15,17). The molecule has 0 fully saturated rings. The molecule has 106 valence electrons. The molecule has 5 nitrogen and oxygen atoms in total. The Bertz CT molecular complexity index is 450. The summed E-state index contributed by atoms with van der Waals surface area (Å²) in [6.45, 7) is 4.00. The van der Waals surface area contributed by atoms with E-state index < -0.39 is 11.9 Å². The minimum absolute atomic E-state index is 0.0863. The van der Waals surface area contributed by atoms with Crippen molar-refractivity contribution in [3.8, 4) is 0 Å². The van der Waals surface area contributed by atoms with E-state index >= 15 is 0 Å². The summed E-state index contributed by atoms with van der Waals surface area (Å²) in [5.41, 5.74) is 6.21. The second kappa shape index (κ2) is 7.06. The highest BCUT2D eigenvalue weighted by molar-refractivity contribution is 5.97. The van der Waals surface area contributed by atoms with E-state index in [0.717, 1.165) is 0 Å². The Kier molecular flexibility index (Phi) is 5.72. The van der Waals surface area contributed by atoms with Gasteiger partial charge in [0.1, 0.15) is 5.82 Å².